The summed E-state index contributed by atoms with van der Waals surface area (Å²) < 4.78 is 1.62. The Bertz CT molecular complexity index is 1730. The van der Waals surface area contributed by atoms with Crippen LogP contribution in [0.1, 0.15) is 29.5 Å². The number of phenolic OH excluding ortho intramolecular Hbond substituents is 2. The number of phenols is 2. The number of H-pyrrole nitrogens is 1. The highest BCUT2D eigenvalue weighted by Gasteiger charge is 2.44. The maximum absolute atomic E-state index is 11.8. The molecule has 0 spiro atoms. The number of aliphatic hydroxyl groups excluding tert-OH is 3. The molecule has 1 amide bonds. The number of nitrogen functional groups attached to an aromatic ring is 1. The highest BCUT2D eigenvalue weighted by Crippen LogP contribution is 2.35. The predicted octanol–water partition coefficient (Wildman–Crippen LogP) is 0.597. The molecule has 0 aliphatic heterocycles. The van der Waals surface area contributed by atoms with E-state index in [9.17, 15) is 25.2 Å². The largest absolute Gasteiger partial charge is 0.508 e. The number of aromatic hydroxyl groups is 2. The van der Waals surface area contributed by atoms with Crippen LogP contribution in [0.15, 0.2) is 61.1 Å². The normalized spacial score (nSPS) is 19.9. The maximum atomic E-state index is 11.8. The summed E-state index contributed by atoms with van der Waals surface area (Å²) in [6, 6.07) is 12.2. The smallest absolute Gasteiger partial charge is 0.246 e. The molecule has 4 atom stereocenters. The quantitative estimate of drug-likeness (QED) is 0.113. The summed E-state index contributed by atoms with van der Waals surface area (Å²) in [5.41, 5.74) is 8.38. The SMILES string of the molecule is Nc1cnc(-c2nc(NCC(c3ccc(O)cc3)c3ccc(O)cc3)c3ncn([C@@H]4C[C@H](NC(=O)CO)[C@@H](O)[C@H]4O)c3n2)[nH]1. The van der Waals surface area contributed by atoms with Crippen molar-refractivity contribution < 1.29 is 30.3 Å². The molecular formula is C29H31N9O6. The van der Waals surface area contributed by atoms with E-state index in [-0.39, 0.29) is 29.7 Å². The molecule has 10 N–H and O–H groups in total. The van der Waals surface area contributed by atoms with Gasteiger partial charge in [-0.3, -0.25) is 4.79 Å². The van der Waals surface area contributed by atoms with Crippen molar-refractivity contribution in [1.29, 1.82) is 0 Å². The van der Waals surface area contributed by atoms with E-state index in [1.807, 2.05) is 24.3 Å². The summed E-state index contributed by atoms with van der Waals surface area (Å²) in [6.45, 7) is -0.417. The van der Waals surface area contributed by atoms with Gasteiger partial charge < -0.3 is 51.5 Å². The maximum Gasteiger partial charge on any atom is 0.246 e. The number of carbonyl (C=O) groups is 1. The van der Waals surface area contributed by atoms with Gasteiger partial charge in [-0.1, -0.05) is 24.3 Å². The van der Waals surface area contributed by atoms with Crippen molar-refractivity contribution in [3.05, 3.63) is 72.2 Å². The first kappa shape index (κ1) is 28.9. The van der Waals surface area contributed by atoms with Gasteiger partial charge in [0, 0.05) is 12.5 Å². The highest BCUT2D eigenvalue weighted by molar-refractivity contribution is 5.85. The van der Waals surface area contributed by atoms with Crippen molar-refractivity contribution in [2.45, 2.75) is 36.6 Å². The highest BCUT2D eigenvalue weighted by atomic mass is 16.3. The van der Waals surface area contributed by atoms with Crippen LogP contribution in [-0.2, 0) is 4.79 Å². The van der Waals surface area contributed by atoms with Crippen LogP contribution in [0.4, 0.5) is 11.6 Å². The van der Waals surface area contributed by atoms with Crippen molar-refractivity contribution in [3.63, 3.8) is 0 Å². The molecule has 0 radical (unpaired) electrons. The lowest BCUT2D eigenvalue weighted by Gasteiger charge is -2.20. The number of aromatic nitrogens is 6. The number of anilines is 2. The number of imidazole rings is 2. The topological polar surface area (TPSA) is 241 Å². The Morgan fingerprint density at radius 2 is 1.66 bits per heavy atom. The molecule has 1 fully saturated rings. The fourth-order valence-electron chi connectivity index (χ4n) is 5.56. The molecule has 228 valence electrons. The van der Waals surface area contributed by atoms with Gasteiger partial charge in [0.1, 0.15) is 41.6 Å². The van der Waals surface area contributed by atoms with Gasteiger partial charge in [0.2, 0.25) is 5.91 Å². The molecule has 15 nitrogen and oxygen atoms in total. The minimum absolute atomic E-state index is 0.133. The van der Waals surface area contributed by atoms with E-state index in [4.69, 9.17) is 10.8 Å². The monoisotopic (exact) mass is 601 g/mol. The summed E-state index contributed by atoms with van der Waals surface area (Å²) in [5.74, 6) is 0.538. The van der Waals surface area contributed by atoms with Gasteiger partial charge >= 0.3 is 0 Å². The van der Waals surface area contributed by atoms with E-state index in [2.05, 4.69) is 35.6 Å². The number of nitrogens with two attached hydrogens (primary N) is 1. The zero-order chi connectivity index (χ0) is 31.0. The zero-order valence-electron chi connectivity index (χ0n) is 23.2. The van der Waals surface area contributed by atoms with Crippen molar-refractivity contribution in [2.75, 3.05) is 24.2 Å². The molecule has 3 heterocycles. The average Bonchev–Trinajstić information content (AvgIpc) is 3.72. The van der Waals surface area contributed by atoms with Gasteiger partial charge in [-0.2, -0.15) is 0 Å². The summed E-state index contributed by atoms with van der Waals surface area (Å²) in [5, 5.41) is 56.3. The fourth-order valence-corrected chi connectivity index (χ4v) is 5.56. The van der Waals surface area contributed by atoms with E-state index in [0.717, 1.165) is 11.1 Å². The van der Waals surface area contributed by atoms with E-state index in [1.54, 1.807) is 28.8 Å². The van der Waals surface area contributed by atoms with E-state index in [1.165, 1.54) is 12.5 Å². The second kappa shape index (κ2) is 11.8. The van der Waals surface area contributed by atoms with Crippen LogP contribution >= 0.6 is 0 Å². The number of hydrogen-bond donors (Lipinski definition) is 9. The lowest BCUT2D eigenvalue weighted by atomic mass is 9.91. The molecule has 5 aromatic rings. The number of aromatic amines is 1. The van der Waals surface area contributed by atoms with Crippen LogP contribution in [0, 0.1) is 0 Å². The second-order valence-electron chi connectivity index (χ2n) is 10.6. The molecule has 0 saturated heterocycles. The fraction of sp³-hybridized carbons (Fsp3) is 0.276. The van der Waals surface area contributed by atoms with Gasteiger partial charge in [-0.15, -0.1) is 0 Å². The number of aliphatic hydroxyl groups is 3. The van der Waals surface area contributed by atoms with Crippen molar-refractivity contribution in [1.82, 2.24) is 34.8 Å². The first-order valence-corrected chi connectivity index (χ1v) is 13.8. The van der Waals surface area contributed by atoms with Gasteiger partial charge in [0.25, 0.3) is 0 Å². The lowest BCUT2D eigenvalue weighted by Crippen LogP contribution is -2.44. The third kappa shape index (κ3) is 5.58. The van der Waals surface area contributed by atoms with Gasteiger partial charge in [-0.05, 0) is 41.8 Å². The molecule has 0 bridgehead atoms. The van der Waals surface area contributed by atoms with Crippen LogP contribution in [0.3, 0.4) is 0 Å². The summed E-state index contributed by atoms with van der Waals surface area (Å²) >= 11 is 0. The Hall–Kier alpha value is -5.25. The predicted molar refractivity (Wildman–Crippen MR) is 159 cm³/mol. The zero-order valence-corrected chi connectivity index (χ0v) is 23.2. The van der Waals surface area contributed by atoms with Crippen LogP contribution in [0.5, 0.6) is 11.5 Å². The van der Waals surface area contributed by atoms with E-state index < -0.39 is 36.8 Å². The van der Waals surface area contributed by atoms with E-state index >= 15 is 0 Å². The third-order valence-corrected chi connectivity index (χ3v) is 7.79. The number of rotatable bonds is 9. The Labute approximate surface area is 250 Å². The van der Waals surface area contributed by atoms with Gasteiger partial charge in [-0.25, -0.2) is 19.9 Å². The first-order chi connectivity index (χ1) is 21.2. The molecule has 1 aliphatic carbocycles. The van der Waals surface area contributed by atoms with Crippen LogP contribution in [0.2, 0.25) is 0 Å². The number of carbonyl (C=O) groups excluding carboxylic acids is 1. The molecule has 1 saturated carbocycles. The Balaban J connectivity index is 1.39. The summed E-state index contributed by atoms with van der Waals surface area (Å²) in [4.78, 5) is 32.9. The number of hydrogen-bond acceptors (Lipinski definition) is 12. The number of amides is 1. The number of nitrogens with one attached hydrogen (secondary N) is 3. The Kier molecular flexibility index (Phi) is 7.73. The van der Waals surface area contributed by atoms with E-state index in [0.29, 0.717) is 35.2 Å². The van der Waals surface area contributed by atoms with Crippen LogP contribution < -0.4 is 16.4 Å². The van der Waals surface area contributed by atoms with Gasteiger partial charge in [0.15, 0.2) is 23.1 Å². The number of fused-ring (bicyclic) bond motifs is 1. The van der Waals surface area contributed by atoms with Gasteiger partial charge in [0.05, 0.1) is 24.6 Å². The first-order valence-electron chi connectivity index (χ1n) is 13.8. The summed E-state index contributed by atoms with van der Waals surface area (Å²) in [6.07, 6.45) is 0.523. The average molecular weight is 602 g/mol. The van der Waals surface area contributed by atoms with Crippen molar-refractivity contribution in [2.24, 2.45) is 0 Å². The molecule has 3 aromatic heterocycles. The summed E-state index contributed by atoms with van der Waals surface area (Å²) in [7, 11) is 0. The number of nitrogens with zero attached hydrogens (tertiary/aromatic N) is 5. The van der Waals surface area contributed by atoms with Crippen LogP contribution in [-0.4, -0.2) is 92.3 Å². The molecule has 2 aromatic carbocycles. The molecule has 1 aliphatic rings. The minimum atomic E-state index is -1.28. The van der Waals surface area contributed by atoms with Crippen molar-refractivity contribution >= 4 is 28.7 Å². The molecule has 44 heavy (non-hydrogen) atoms. The molecule has 15 heteroatoms. The lowest BCUT2D eigenvalue weighted by molar-refractivity contribution is -0.125. The second-order valence-corrected chi connectivity index (χ2v) is 10.6. The standard InChI is InChI=1S/C29H31N9O6/c30-21-11-32-27(35-21)28-36-26(31-10-18(14-1-5-16(40)6-2-14)15-3-7-17(41)8-4-15)23-29(37-28)38(13-33-23)20-9-19(24(43)25(20)44)34-22(42)12-39/h1-8,11,13,18-20,24-25,39-41,43-44H,9-10,12,30H2,(H,32,35)(H,34,42)(H,31,36,37)/t19-,20+,24+,25-/m0/s1. The minimum Gasteiger partial charge on any atom is -0.508 e. The third-order valence-electron chi connectivity index (χ3n) is 7.79. The molecule has 6 rings (SSSR count). The molecular weight excluding hydrogens is 570 g/mol. The Morgan fingerprint density at radius 1 is 1.00 bits per heavy atom. The Morgan fingerprint density at radius 3 is 2.25 bits per heavy atom. The number of benzene rings is 2. The van der Waals surface area contributed by atoms with Crippen molar-refractivity contribution in [3.8, 4) is 23.1 Å². The molecule has 0 unspecified atom stereocenters. The van der Waals surface area contributed by atoms with Crippen LogP contribution in [0.25, 0.3) is 22.8 Å².